The molecular formula is C17H28O4. The summed E-state index contributed by atoms with van der Waals surface area (Å²) in [7, 11) is 0. The average Bonchev–Trinajstić information content (AvgIpc) is 2.45. The van der Waals surface area contributed by atoms with E-state index in [1.54, 1.807) is 6.92 Å². The van der Waals surface area contributed by atoms with E-state index in [4.69, 9.17) is 9.47 Å². The van der Waals surface area contributed by atoms with Crippen molar-refractivity contribution < 1.29 is 19.1 Å². The maximum atomic E-state index is 11.3. The lowest BCUT2D eigenvalue weighted by molar-refractivity contribution is -0.142. The number of carbonyl (C=O) groups excluding carboxylic acids is 2. The second kappa shape index (κ2) is 9.59. The molecule has 1 fully saturated rings. The quantitative estimate of drug-likeness (QED) is 0.505. The molecule has 0 bridgehead atoms. The summed E-state index contributed by atoms with van der Waals surface area (Å²) in [5.74, 6) is -0.474. The predicted molar refractivity (Wildman–Crippen MR) is 81.8 cm³/mol. The van der Waals surface area contributed by atoms with Crippen LogP contribution in [0.15, 0.2) is 12.2 Å². The van der Waals surface area contributed by atoms with Crippen molar-refractivity contribution in [3.8, 4) is 0 Å². The van der Waals surface area contributed by atoms with Crippen LogP contribution in [0.1, 0.15) is 65.2 Å². The average molecular weight is 296 g/mol. The van der Waals surface area contributed by atoms with Crippen LogP contribution in [0.25, 0.3) is 0 Å². The fraction of sp³-hybridized carbons (Fsp3) is 0.765. The number of hydrogen-bond acceptors (Lipinski definition) is 4. The molecule has 0 heterocycles. The lowest BCUT2D eigenvalue weighted by Gasteiger charge is -2.37. The predicted octanol–water partition coefficient (Wildman–Crippen LogP) is 3.79. The van der Waals surface area contributed by atoms with Gasteiger partial charge in [-0.15, -0.1) is 0 Å². The van der Waals surface area contributed by atoms with Crippen molar-refractivity contribution >= 4 is 11.9 Å². The minimum absolute atomic E-state index is 0.205. The number of carbonyl (C=O) groups is 2. The molecule has 0 N–H and O–H groups in total. The van der Waals surface area contributed by atoms with E-state index in [1.807, 2.05) is 6.08 Å². The molecule has 0 aromatic rings. The van der Waals surface area contributed by atoms with Crippen LogP contribution in [0, 0.1) is 5.41 Å². The van der Waals surface area contributed by atoms with Gasteiger partial charge in [-0.05, 0) is 44.4 Å². The SMILES string of the molecule is CCOC(=O)/C=C/CCC1(CCOC(C)=O)CCCCC1. The first-order valence-electron chi connectivity index (χ1n) is 8.05. The normalized spacial score (nSPS) is 17.6. The molecule has 1 rings (SSSR count). The first kappa shape index (κ1) is 17.7. The summed E-state index contributed by atoms with van der Waals surface area (Å²) in [4.78, 5) is 22.2. The van der Waals surface area contributed by atoms with Crippen LogP contribution in [0.5, 0.6) is 0 Å². The first-order valence-corrected chi connectivity index (χ1v) is 8.05. The molecule has 1 aliphatic rings. The maximum Gasteiger partial charge on any atom is 0.330 e. The third-order valence-electron chi connectivity index (χ3n) is 4.23. The molecule has 120 valence electrons. The fourth-order valence-electron chi connectivity index (χ4n) is 3.10. The zero-order valence-electron chi connectivity index (χ0n) is 13.4. The molecule has 0 atom stereocenters. The first-order chi connectivity index (χ1) is 10.1. The van der Waals surface area contributed by atoms with Crippen LogP contribution in [0.2, 0.25) is 0 Å². The zero-order chi connectivity index (χ0) is 15.6. The number of rotatable bonds is 8. The van der Waals surface area contributed by atoms with Crippen molar-refractivity contribution in [1.29, 1.82) is 0 Å². The van der Waals surface area contributed by atoms with E-state index >= 15 is 0 Å². The number of hydrogen-bond donors (Lipinski definition) is 0. The molecule has 1 saturated carbocycles. The summed E-state index contributed by atoms with van der Waals surface area (Å²) in [5.41, 5.74) is 0.271. The minimum Gasteiger partial charge on any atom is -0.466 e. The minimum atomic E-state index is -0.268. The lowest BCUT2D eigenvalue weighted by Crippen LogP contribution is -2.26. The smallest absolute Gasteiger partial charge is 0.330 e. The lowest BCUT2D eigenvalue weighted by atomic mass is 9.69. The molecule has 0 amide bonds. The number of allylic oxidation sites excluding steroid dienone is 1. The Morgan fingerprint density at radius 2 is 1.81 bits per heavy atom. The standard InChI is InChI=1S/C17H28O4/c1-3-20-16(19)9-5-8-12-17(10-6-4-7-11-17)13-14-21-15(2)18/h5,9H,3-4,6-8,10-14H2,1-2H3/b9-5+. The third kappa shape index (κ3) is 7.30. The van der Waals surface area contributed by atoms with Crippen molar-refractivity contribution in [1.82, 2.24) is 0 Å². The molecule has 4 nitrogen and oxygen atoms in total. The molecule has 0 radical (unpaired) electrons. The van der Waals surface area contributed by atoms with Crippen LogP contribution in [0.3, 0.4) is 0 Å². The molecular weight excluding hydrogens is 268 g/mol. The maximum absolute atomic E-state index is 11.3. The van der Waals surface area contributed by atoms with Crippen LogP contribution >= 0.6 is 0 Å². The fourth-order valence-corrected chi connectivity index (χ4v) is 3.10. The van der Waals surface area contributed by atoms with Gasteiger partial charge in [-0.25, -0.2) is 4.79 Å². The monoisotopic (exact) mass is 296 g/mol. The molecule has 0 aromatic heterocycles. The van der Waals surface area contributed by atoms with Gasteiger partial charge in [-0.2, -0.15) is 0 Å². The van der Waals surface area contributed by atoms with E-state index in [1.165, 1.54) is 45.1 Å². The highest BCUT2D eigenvalue weighted by molar-refractivity contribution is 5.81. The molecule has 0 unspecified atom stereocenters. The second-order valence-electron chi connectivity index (χ2n) is 5.84. The van der Waals surface area contributed by atoms with Crippen LogP contribution in [-0.4, -0.2) is 25.2 Å². The Kier molecular flexibility index (Phi) is 8.09. The Labute approximate surface area is 127 Å². The van der Waals surface area contributed by atoms with Crippen molar-refractivity contribution in [3.05, 3.63) is 12.2 Å². The topological polar surface area (TPSA) is 52.6 Å². The second-order valence-corrected chi connectivity index (χ2v) is 5.84. The van der Waals surface area contributed by atoms with Crippen LogP contribution < -0.4 is 0 Å². The van der Waals surface area contributed by atoms with Gasteiger partial charge in [0.2, 0.25) is 0 Å². The Bertz CT molecular complexity index is 354. The Hall–Kier alpha value is -1.32. The summed E-state index contributed by atoms with van der Waals surface area (Å²) in [6, 6.07) is 0. The van der Waals surface area contributed by atoms with Crippen LogP contribution in [-0.2, 0) is 19.1 Å². The van der Waals surface area contributed by atoms with E-state index in [0.29, 0.717) is 13.2 Å². The number of esters is 2. The van der Waals surface area contributed by atoms with Gasteiger partial charge in [0.25, 0.3) is 0 Å². The van der Waals surface area contributed by atoms with E-state index in [-0.39, 0.29) is 17.4 Å². The highest BCUT2D eigenvalue weighted by Crippen LogP contribution is 2.43. The third-order valence-corrected chi connectivity index (χ3v) is 4.23. The van der Waals surface area contributed by atoms with Crippen LogP contribution in [0.4, 0.5) is 0 Å². The summed E-state index contributed by atoms with van der Waals surface area (Å²) in [6.45, 7) is 4.18. The van der Waals surface area contributed by atoms with Gasteiger partial charge in [-0.1, -0.05) is 25.3 Å². The highest BCUT2D eigenvalue weighted by Gasteiger charge is 2.31. The summed E-state index contributed by atoms with van der Waals surface area (Å²) in [5, 5.41) is 0. The molecule has 0 aliphatic heterocycles. The van der Waals surface area contributed by atoms with Gasteiger partial charge < -0.3 is 9.47 Å². The van der Waals surface area contributed by atoms with E-state index in [0.717, 1.165) is 19.3 Å². The molecule has 0 saturated heterocycles. The molecule has 0 aromatic carbocycles. The largest absolute Gasteiger partial charge is 0.466 e. The van der Waals surface area contributed by atoms with Crippen molar-refractivity contribution in [2.24, 2.45) is 5.41 Å². The summed E-state index contributed by atoms with van der Waals surface area (Å²) < 4.78 is 9.98. The van der Waals surface area contributed by atoms with E-state index in [9.17, 15) is 9.59 Å². The number of ether oxygens (including phenoxy) is 2. The molecule has 1 aliphatic carbocycles. The van der Waals surface area contributed by atoms with Gasteiger partial charge >= 0.3 is 11.9 Å². The Morgan fingerprint density at radius 3 is 2.43 bits per heavy atom. The van der Waals surface area contributed by atoms with Gasteiger partial charge in [0.05, 0.1) is 13.2 Å². The van der Waals surface area contributed by atoms with Gasteiger partial charge in [0.1, 0.15) is 0 Å². The zero-order valence-corrected chi connectivity index (χ0v) is 13.4. The molecule has 21 heavy (non-hydrogen) atoms. The van der Waals surface area contributed by atoms with Crippen molar-refractivity contribution in [2.75, 3.05) is 13.2 Å². The van der Waals surface area contributed by atoms with Crippen molar-refractivity contribution in [2.45, 2.75) is 65.2 Å². The Balaban J connectivity index is 2.42. The van der Waals surface area contributed by atoms with Gasteiger partial charge in [-0.3, -0.25) is 4.79 Å². The highest BCUT2D eigenvalue weighted by atomic mass is 16.5. The molecule has 4 heteroatoms. The summed E-state index contributed by atoms with van der Waals surface area (Å²) >= 11 is 0. The Morgan fingerprint density at radius 1 is 1.10 bits per heavy atom. The van der Waals surface area contributed by atoms with Gasteiger partial charge in [0, 0.05) is 13.0 Å². The summed E-state index contributed by atoms with van der Waals surface area (Å²) in [6.07, 6.45) is 12.5. The van der Waals surface area contributed by atoms with E-state index in [2.05, 4.69) is 0 Å². The van der Waals surface area contributed by atoms with Crippen molar-refractivity contribution in [3.63, 3.8) is 0 Å². The van der Waals surface area contributed by atoms with E-state index < -0.39 is 0 Å². The van der Waals surface area contributed by atoms with Gasteiger partial charge in [0.15, 0.2) is 0 Å². The molecule has 0 spiro atoms.